The van der Waals surface area contributed by atoms with E-state index in [0.29, 0.717) is 30.8 Å². The van der Waals surface area contributed by atoms with Crippen molar-refractivity contribution in [3.05, 3.63) is 65.7 Å². The lowest BCUT2D eigenvalue weighted by Crippen LogP contribution is -2.32. The van der Waals surface area contributed by atoms with Crippen LogP contribution in [0.5, 0.6) is 0 Å². The number of carbonyl (C=O) groups is 3. The molecule has 0 spiro atoms. The Labute approximate surface area is 194 Å². The number of hydrogen-bond acceptors (Lipinski definition) is 5. The van der Waals surface area contributed by atoms with E-state index in [1.54, 1.807) is 24.3 Å². The number of nitrogens with one attached hydrogen (secondary N) is 2. The van der Waals surface area contributed by atoms with E-state index in [1.807, 2.05) is 30.3 Å². The molecule has 1 fully saturated rings. The zero-order valence-electron chi connectivity index (χ0n) is 18.9. The van der Waals surface area contributed by atoms with E-state index < -0.39 is 0 Å². The number of benzene rings is 2. The first-order valence-corrected chi connectivity index (χ1v) is 11.6. The molecule has 1 aliphatic heterocycles. The highest BCUT2D eigenvalue weighted by molar-refractivity contribution is 6.03. The van der Waals surface area contributed by atoms with E-state index in [4.69, 9.17) is 9.47 Å². The summed E-state index contributed by atoms with van der Waals surface area (Å²) in [7, 11) is 0. The van der Waals surface area contributed by atoms with Gasteiger partial charge in [0.2, 0.25) is 5.91 Å². The van der Waals surface area contributed by atoms with Crippen molar-refractivity contribution in [2.75, 3.05) is 25.1 Å². The van der Waals surface area contributed by atoms with Gasteiger partial charge in [-0.25, -0.2) is 0 Å². The maximum absolute atomic E-state index is 12.5. The summed E-state index contributed by atoms with van der Waals surface area (Å²) in [6, 6.07) is 16.9. The van der Waals surface area contributed by atoms with Gasteiger partial charge in [0.15, 0.2) is 0 Å². The fourth-order valence-corrected chi connectivity index (χ4v) is 3.68. The summed E-state index contributed by atoms with van der Waals surface area (Å²) < 4.78 is 10.8. The number of rotatable bonds is 12. The molecule has 1 heterocycles. The fourth-order valence-electron chi connectivity index (χ4n) is 3.68. The number of carbonyl (C=O) groups excluding carboxylic acids is 3. The van der Waals surface area contributed by atoms with Crippen LogP contribution >= 0.6 is 0 Å². The molecule has 2 aromatic carbocycles. The Morgan fingerprint density at radius 3 is 2.55 bits per heavy atom. The number of ether oxygens (including phenoxy) is 2. The van der Waals surface area contributed by atoms with Crippen LogP contribution in [0.1, 0.15) is 54.4 Å². The summed E-state index contributed by atoms with van der Waals surface area (Å²) in [5.74, 6) is -0.795. The van der Waals surface area contributed by atoms with E-state index in [-0.39, 0.29) is 36.7 Å². The fraction of sp³-hybridized carbons (Fsp3) is 0.423. The van der Waals surface area contributed by atoms with Crippen LogP contribution in [-0.4, -0.2) is 43.6 Å². The van der Waals surface area contributed by atoms with Crippen molar-refractivity contribution in [1.82, 2.24) is 5.32 Å². The molecule has 3 rings (SSSR count). The standard InChI is InChI=1S/C26H32N2O5/c29-24(15-6-16-25(30)33-18-7-11-20-9-2-1-3-10-20)28-23-14-5-4-13-22(23)26(31)27-19-21-12-8-17-32-21/h1-5,9-10,13-14,21H,6-8,11-12,15-19H2,(H,27,31)(H,28,29). The average Bonchev–Trinajstić information content (AvgIpc) is 3.35. The zero-order valence-corrected chi connectivity index (χ0v) is 18.9. The van der Waals surface area contributed by atoms with Gasteiger partial charge in [-0.05, 0) is 49.8 Å². The predicted molar refractivity (Wildman–Crippen MR) is 126 cm³/mol. The van der Waals surface area contributed by atoms with E-state index in [0.717, 1.165) is 32.3 Å². The quantitative estimate of drug-likeness (QED) is 0.377. The highest BCUT2D eigenvalue weighted by Gasteiger charge is 2.18. The third-order valence-electron chi connectivity index (χ3n) is 5.46. The molecule has 7 heteroatoms. The van der Waals surface area contributed by atoms with Gasteiger partial charge in [0.25, 0.3) is 5.91 Å². The van der Waals surface area contributed by atoms with Crippen molar-refractivity contribution >= 4 is 23.5 Å². The minimum atomic E-state index is -0.301. The van der Waals surface area contributed by atoms with Gasteiger partial charge >= 0.3 is 5.97 Å². The average molecular weight is 453 g/mol. The summed E-state index contributed by atoms with van der Waals surface area (Å²) in [5, 5.41) is 5.65. The Morgan fingerprint density at radius 1 is 0.970 bits per heavy atom. The van der Waals surface area contributed by atoms with Gasteiger partial charge in [-0.2, -0.15) is 0 Å². The first-order valence-electron chi connectivity index (χ1n) is 11.6. The van der Waals surface area contributed by atoms with Crippen molar-refractivity contribution in [3.8, 4) is 0 Å². The smallest absolute Gasteiger partial charge is 0.305 e. The molecule has 33 heavy (non-hydrogen) atoms. The Morgan fingerprint density at radius 2 is 1.76 bits per heavy atom. The number of esters is 1. The van der Waals surface area contributed by atoms with Gasteiger partial charge in [-0.15, -0.1) is 0 Å². The molecule has 0 radical (unpaired) electrons. The molecule has 2 N–H and O–H groups in total. The minimum absolute atomic E-state index is 0.0498. The first kappa shape index (κ1) is 24.5. The molecular weight excluding hydrogens is 420 g/mol. The Balaban J connectivity index is 1.33. The Bertz CT molecular complexity index is 910. The number of para-hydroxylation sites is 1. The van der Waals surface area contributed by atoms with E-state index in [9.17, 15) is 14.4 Å². The van der Waals surface area contributed by atoms with Crippen LogP contribution in [0.3, 0.4) is 0 Å². The molecule has 1 unspecified atom stereocenters. The van der Waals surface area contributed by atoms with Crippen LogP contribution in [0.4, 0.5) is 5.69 Å². The summed E-state index contributed by atoms with van der Waals surface area (Å²) in [6.45, 7) is 1.55. The highest BCUT2D eigenvalue weighted by atomic mass is 16.5. The second kappa shape index (κ2) is 13.4. The first-order chi connectivity index (χ1) is 16.1. The molecule has 2 amide bonds. The lowest BCUT2D eigenvalue weighted by atomic mass is 10.1. The lowest BCUT2D eigenvalue weighted by molar-refractivity contribution is -0.143. The molecule has 0 saturated carbocycles. The largest absolute Gasteiger partial charge is 0.466 e. The summed E-state index contributed by atoms with van der Waals surface area (Å²) in [6.07, 6.45) is 4.36. The topological polar surface area (TPSA) is 93.7 Å². The third-order valence-corrected chi connectivity index (χ3v) is 5.46. The van der Waals surface area contributed by atoms with Gasteiger partial charge in [-0.3, -0.25) is 14.4 Å². The second-order valence-corrected chi connectivity index (χ2v) is 8.10. The molecule has 2 aromatic rings. The van der Waals surface area contributed by atoms with Crippen molar-refractivity contribution in [1.29, 1.82) is 0 Å². The second-order valence-electron chi connectivity index (χ2n) is 8.10. The van der Waals surface area contributed by atoms with Crippen LogP contribution in [0.15, 0.2) is 54.6 Å². The van der Waals surface area contributed by atoms with Gasteiger partial charge < -0.3 is 20.1 Å². The summed E-state index contributed by atoms with van der Waals surface area (Å²) in [5.41, 5.74) is 2.07. The molecule has 0 aliphatic carbocycles. The zero-order chi connectivity index (χ0) is 23.3. The van der Waals surface area contributed by atoms with Crippen molar-refractivity contribution in [3.63, 3.8) is 0 Å². The van der Waals surface area contributed by atoms with Gasteiger partial charge in [-0.1, -0.05) is 42.5 Å². The maximum Gasteiger partial charge on any atom is 0.305 e. The number of amides is 2. The SMILES string of the molecule is O=C(CCCC(=O)OCCCc1ccccc1)Nc1ccccc1C(=O)NCC1CCCO1. The van der Waals surface area contributed by atoms with Crippen molar-refractivity contribution < 1.29 is 23.9 Å². The van der Waals surface area contributed by atoms with Crippen LogP contribution in [-0.2, 0) is 25.5 Å². The number of anilines is 1. The van der Waals surface area contributed by atoms with Gasteiger partial charge in [0.05, 0.1) is 24.0 Å². The number of hydrogen-bond donors (Lipinski definition) is 2. The van der Waals surface area contributed by atoms with Crippen LogP contribution in [0.25, 0.3) is 0 Å². The summed E-state index contributed by atoms with van der Waals surface area (Å²) in [4.78, 5) is 36.8. The van der Waals surface area contributed by atoms with Crippen LogP contribution in [0, 0.1) is 0 Å². The molecule has 1 atom stereocenters. The van der Waals surface area contributed by atoms with Gasteiger partial charge in [0, 0.05) is 26.0 Å². The molecule has 1 saturated heterocycles. The Hall–Kier alpha value is -3.19. The molecule has 0 bridgehead atoms. The van der Waals surface area contributed by atoms with Crippen molar-refractivity contribution in [2.24, 2.45) is 0 Å². The minimum Gasteiger partial charge on any atom is -0.466 e. The number of aryl methyl sites for hydroxylation is 1. The molecule has 7 nitrogen and oxygen atoms in total. The van der Waals surface area contributed by atoms with E-state index >= 15 is 0 Å². The molecule has 1 aliphatic rings. The molecular formula is C26H32N2O5. The predicted octanol–water partition coefficient (Wildman–Crippen LogP) is 3.88. The normalized spacial score (nSPS) is 15.1. The van der Waals surface area contributed by atoms with E-state index in [2.05, 4.69) is 10.6 Å². The highest BCUT2D eigenvalue weighted by Crippen LogP contribution is 2.17. The Kier molecular flexibility index (Phi) is 9.91. The van der Waals surface area contributed by atoms with Crippen LogP contribution < -0.4 is 10.6 Å². The van der Waals surface area contributed by atoms with Crippen LogP contribution in [0.2, 0.25) is 0 Å². The lowest BCUT2D eigenvalue weighted by Gasteiger charge is -2.13. The molecule has 0 aromatic heterocycles. The monoisotopic (exact) mass is 452 g/mol. The van der Waals surface area contributed by atoms with E-state index in [1.165, 1.54) is 5.56 Å². The molecule has 176 valence electrons. The third kappa shape index (κ3) is 8.69. The van der Waals surface area contributed by atoms with Crippen molar-refractivity contribution in [2.45, 2.75) is 51.0 Å². The maximum atomic E-state index is 12.5. The van der Waals surface area contributed by atoms with Gasteiger partial charge in [0.1, 0.15) is 0 Å². The summed E-state index contributed by atoms with van der Waals surface area (Å²) >= 11 is 0.